The van der Waals surface area contributed by atoms with E-state index in [-0.39, 0.29) is 30.4 Å². The molecule has 0 unspecified atom stereocenters. The second-order valence-electron chi connectivity index (χ2n) is 9.74. The monoisotopic (exact) mass is 541 g/mol. The third-order valence-electron chi connectivity index (χ3n) is 7.27. The van der Waals surface area contributed by atoms with Gasteiger partial charge in [0.05, 0.1) is 30.8 Å². The summed E-state index contributed by atoms with van der Waals surface area (Å²) in [6, 6.07) is 8.32. The summed E-state index contributed by atoms with van der Waals surface area (Å²) in [5, 5.41) is 20.4. The Labute approximate surface area is 224 Å². The van der Waals surface area contributed by atoms with Crippen molar-refractivity contribution in [3.05, 3.63) is 71.2 Å². The first kappa shape index (κ1) is 28.4. The fourth-order valence-electron chi connectivity index (χ4n) is 5.28. The van der Waals surface area contributed by atoms with Crippen molar-refractivity contribution in [2.45, 2.75) is 31.7 Å². The number of piperidine rings is 1. The van der Waals surface area contributed by atoms with Gasteiger partial charge in [0.2, 0.25) is 0 Å². The second-order valence-corrected chi connectivity index (χ2v) is 9.74. The predicted molar refractivity (Wildman–Crippen MR) is 139 cm³/mol. The van der Waals surface area contributed by atoms with Gasteiger partial charge >= 0.3 is 5.97 Å². The summed E-state index contributed by atoms with van der Waals surface area (Å²) in [5.41, 5.74) is 3.69. The van der Waals surface area contributed by atoms with Crippen LogP contribution in [0.15, 0.2) is 42.6 Å². The molecule has 3 N–H and O–H groups in total. The fourth-order valence-corrected chi connectivity index (χ4v) is 5.28. The first-order valence-electron chi connectivity index (χ1n) is 12.7. The first-order chi connectivity index (χ1) is 18.8. The zero-order chi connectivity index (χ0) is 27.9. The van der Waals surface area contributed by atoms with E-state index in [1.54, 1.807) is 13.3 Å². The Hall–Kier alpha value is -3.65. The maximum absolute atomic E-state index is 13.9. The molecule has 3 atom stereocenters. The molecule has 1 fully saturated rings. The minimum Gasteiger partial charge on any atom is -0.497 e. The number of ether oxygens (including phenoxy) is 1. The molecule has 0 spiro atoms. The quantitative estimate of drug-likeness (QED) is 0.201. The molecule has 0 amide bonds. The van der Waals surface area contributed by atoms with E-state index in [1.165, 1.54) is 0 Å². The predicted octanol–water partition coefficient (Wildman–Crippen LogP) is 4.93. The lowest BCUT2D eigenvalue weighted by Gasteiger charge is -2.38. The van der Waals surface area contributed by atoms with Crippen molar-refractivity contribution in [2.75, 3.05) is 26.7 Å². The van der Waals surface area contributed by atoms with Gasteiger partial charge in [0.25, 0.3) is 0 Å². The van der Waals surface area contributed by atoms with E-state index in [1.807, 2.05) is 29.2 Å². The molecule has 7 nitrogen and oxygen atoms in total. The highest BCUT2D eigenvalue weighted by Gasteiger charge is 2.31. The fraction of sp³-hybridized carbons (Fsp3) is 0.379. The number of pyridine rings is 1. The number of nitrogens with one attached hydrogen (secondary N) is 1. The van der Waals surface area contributed by atoms with Crippen molar-refractivity contribution in [3.8, 4) is 17.6 Å². The lowest BCUT2D eigenvalue weighted by atomic mass is 9.79. The molecule has 1 saturated heterocycles. The lowest BCUT2D eigenvalue weighted by Crippen LogP contribution is -2.41. The van der Waals surface area contributed by atoms with Crippen LogP contribution in [0.3, 0.4) is 0 Å². The first-order valence-corrected chi connectivity index (χ1v) is 12.7. The van der Waals surface area contributed by atoms with Crippen LogP contribution in [0.25, 0.3) is 10.9 Å². The number of nitrogens with zero attached hydrogens (tertiary/aromatic N) is 2. The Morgan fingerprint density at radius 1 is 1.23 bits per heavy atom. The number of hydrogen-bond donors (Lipinski definition) is 3. The second kappa shape index (κ2) is 12.9. The molecular formula is C29H30F3N3O4. The molecular weight excluding hydrogens is 511 g/mol. The minimum atomic E-state index is -1.30. The number of rotatable bonds is 9. The van der Waals surface area contributed by atoms with Gasteiger partial charge in [0, 0.05) is 30.6 Å². The number of carboxylic acids is 1. The van der Waals surface area contributed by atoms with Crippen LogP contribution in [0.5, 0.6) is 5.75 Å². The molecule has 10 heteroatoms. The number of benzene rings is 2. The van der Waals surface area contributed by atoms with Crippen molar-refractivity contribution in [2.24, 2.45) is 11.8 Å². The zero-order valence-corrected chi connectivity index (χ0v) is 21.5. The van der Waals surface area contributed by atoms with Crippen LogP contribution in [-0.4, -0.2) is 52.9 Å². The van der Waals surface area contributed by atoms with Crippen LogP contribution >= 0.6 is 0 Å². The van der Waals surface area contributed by atoms with Crippen LogP contribution in [0.2, 0.25) is 0 Å². The Kier molecular flexibility index (Phi) is 9.41. The minimum absolute atomic E-state index is 0.0229. The largest absolute Gasteiger partial charge is 0.497 e. The molecule has 39 heavy (non-hydrogen) atoms. The van der Waals surface area contributed by atoms with Crippen LogP contribution in [0.1, 0.15) is 42.9 Å². The van der Waals surface area contributed by atoms with Crippen LogP contribution in [-0.2, 0) is 4.79 Å². The van der Waals surface area contributed by atoms with E-state index < -0.39 is 29.5 Å². The van der Waals surface area contributed by atoms with Gasteiger partial charge in [-0.15, -0.1) is 0 Å². The lowest BCUT2D eigenvalue weighted by molar-refractivity contribution is -0.139. The number of aliphatic carboxylic acids is 1. The summed E-state index contributed by atoms with van der Waals surface area (Å²) < 4.78 is 46.1. The number of hydroxylamine groups is 1. The molecule has 1 aliphatic rings. The number of carboxylic acid groups (broad SMARTS) is 1. The van der Waals surface area contributed by atoms with Gasteiger partial charge in [-0.1, -0.05) is 11.8 Å². The molecule has 4 rings (SSSR count). The van der Waals surface area contributed by atoms with Crippen molar-refractivity contribution in [1.82, 2.24) is 15.4 Å². The molecule has 3 aromatic rings. The molecule has 1 aliphatic heterocycles. The molecule has 206 valence electrons. The van der Waals surface area contributed by atoms with Crippen LogP contribution < -0.4 is 10.2 Å². The molecule has 0 aliphatic carbocycles. The number of hydrogen-bond acceptors (Lipinski definition) is 6. The molecule has 0 saturated carbocycles. The Bertz CT molecular complexity index is 1390. The van der Waals surface area contributed by atoms with Crippen LogP contribution in [0.4, 0.5) is 13.2 Å². The summed E-state index contributed by atoms with van der Waals surface area (Å²) in [6.07, 6.45) is 3.62. The maximum atomic E-state index is 13.9. The Morgan fingerprint density at radius 2 is 2.05 bits per heavy atom. The average Bonchev–Trinajstić information content (AvgIpc) is 2.92. The van der Waals surface area contributed by atoms with Crippen molar-refractivity contribution < 1.29 is 33.0 Å². The number of likely N-dealkylation sites (tertiary alicyclic amines) is 1. The number of fused-ring (bicyclic) bond motifs is 1. The van der Waals surface area contributed by atoms with E-state index in [0.29, 0.717) is 44.2 Å². The number of aromatic nitrogens is 1. The zero-order valence-electron chi connectivity index (χ0n) is 21.5. The van der Waals surface area contributed by atoms with E-state index in [2.05, 4.69) is 22.3 Å². The molecule has 0 bridgehead atoms. The third kappa shape index (κ3) is 7.06. The summed E-state index contributed by atoms with van der Waals surface area (Å²) in [5.74, 6) is 1.56. The maximum Gasteiger partial charge on any atom is 0.303 e. The normalized spacial score (nSPS) is 18.4. The summed E-state index contributed by atoms with van der Waals surface area (Å²) in [4.78, 5) is 18.0. The van der Waals surface area contributed by atoms with Gasteiger partial charge in [-0.25, -0.2) is 13.2 Å². The summed E-state index contributed by atoms with van der Waals surface area (Å²) >= 11 is 0. The average molecular weight is 542 g/mol. The smallest absolute Gasteiger partial charge is 0.303 e. The van der Waals surface area contributed by atoms with E-state index >= 15 is 0 Å². The van der Waals surface area contributed by atoms with Gasteiger partial charge in [-0.3, -0.25) is 14.7 Å². The van der Waals surface area contributed by atoms with Gasteiger partial charge in [0.1, 0.15) is 11.6 Å². The number of halogens is 3. The van der Waals surface area contributed by atoms with E-state index in [0.717, 1.165) is 22.5 Å². The van der Waals surface area contributed by atoms with Gasteiger partial charge in [-0.2, -0.15) is 5.48 Å². The van der Waals surface area contributed by atoms with Gasteiger partial charge in [-0.05, 0) is 73.5 Å². The third-order valence-corrected chi connectivity index (χ3v) is 7.27. The molecule has 0 radical (unpaired) electrons. The van der Waals surface area contributed by atoms with Crippen molar-refractivity contribution >= 4 is 16.9 Å². The van der Waals surface area contributed by atoms with Gasteiger partial charge < -0.3 is 15.1 Å². The van der Waals surface area contributed by atoms with Crippen molar-refractivity contribution in [1.29, 1.82) is 0 Å². The summed E-state index contributed by atoms with van der Waals surface area (Å²) in [6.45, 7) is 1.33. The van der Waals surface area contributed by atoms with E-state index in [4.69, 9.17) is 4.74 Å². The number of carbonyl (C=O) groups is 1. The highest BCUT2D eigenvalue weighted by molar-refractivity contribution is 5.84. The number of methoxy groups -OCH3 is 1. The summed E-state index contributed by atoms with van der Waals surface area (Å²) in [7, 11) is 1.58. The molecule has 1 aromatic heterocycles. The van der Waals surface area contributed by atoms with Gasteiger partial charge in [0.15, 0.2) is 11.6 Å². The standard InChI is InChI=1S/C29H30F3N3O4/c1-39-22-5-7-26-24(16-22)23(8-10-33-26)27(34-38)6-4-18-9-12-35(17-20(18)14-28(36)37)11-2-3-19-13-21(30)15-25(31)29(19)32/h5,7-8,10,13,15-16,18,20,27,34,38H,4,6,9,11-12,14,17H2,1H3,(H,36,37)/t18-,20+,27-/m1/s1. The highest BCUT2D eigenvalue weighted by atomic mass is 19.2. The van der Waals surface area contributed by atoms with Crippen molar-refractivity contribution in [3.63, 3.8) is 0 Å². The highest BCUT2D eigenvalue weighted by Crippen LogP contribution is 2.34. The molecule has 2 aromatic carbocycles. The SMILES string of the molecule is COc1ccc2nccc([C@@H](CC[C@@H]3CCN(CC#Cc4cc(F)cc(F)c4F)C[C@@H]3CC(=O)O)NO)c2c1. The Balaban J connectivity index is 1.43. The van der Waals surface area contributed by atoms with E-state index in [9.17, 15) is 28.3 Å². The molecule has 2 heterocycles. The van der Waals surface area contributed by atoms with Crippen LogP contribution in [0, 0.1) is 41.1 Å². The Morgan fingerprint density at radius 3 is 2.79 bits per heavy atom. The topological polar surface area (TPSA) is 94.9 Å².